The molecule has 0 amide bonds. The zero-order valence-electron chi connectivity index (χ0n) is 12.3. The molecule has 0 spiro atoms. The fourth-order valence-electron chi connectivity index (χ4n) is 2.62. The number of rotatable bonds is 6. The van der Waals surface area contributed by atoms with Gasteiger partial charge in [0.2, 0.25) is 0 Å². The van der Waals surface area contributed by atoms with E-state index in [1.807, 2.05) is 12.1 Å². The Bertz CT molecular complexity index is 380. The molecule has 3 nitrogen and oxygen atoms in total. The Morgan fingerprint density at radius 2 is 2.05 bits per heavy atom. The number of benzene rings is 1. The van der Waals surface area contributed by atoms with Crippen molar-refractivity contribution in [2.75, 3.05) is 33.3 Å². The minimum Gasteiger partial charge on any atom is -0.497 e. The molecule has 0 bridgehead atoms. The van der Waals surface area contributed by atoms with Crippen molar-refractivity contribution in [1.29, 1.82) is 0 Å². The Morgan fingerprint density at radius 1 is 1.32 bits per heavy atom. The summed E-state index contributed by atoms with van der Waals surface area (Å²) in [6.45, 7) is 9.04. The molecule has 0 saturated carbocycles. The second-order valence-corrected chi connectivity index (χ2v) is 6.10. The molecule has 1 fully saturated rings. The highest BCUT2D eigenvalue weighted by atomic mass is 16.5. The molecule has 1 aromatic rings. The fraction of sp³-hybridized carbons (Fsp3) is 0.625. The van der Waals surface area contributed by atoms with Gasteiger partial charge in [0, 0.05) is 12.0 Å². The summed E-state index contributed by atoms with van der Waals surface area (Å²) < 4.78 is 5.21. The smallest absolute Gasteiger partial charge is 0.118 e. The molecule has 106 valence electrons. The Labute approximate surface area is 116 Å². The van der Waals surface area contributed by atoms with Crippen molar-refractivity contribution in [2.45, 2.75) is 25.7 Å². The molecule has 3 heteroatoms. The molecule has 19 heavy (non-hydrogen) atoms. The van der Waals surface area contributed by atoms with E-state index in [1.165, 1.54) is 18.5 Å². The summed E-state index contributed by atoms with van der Waals surface area (Å²) in [5, 5.41) is 7.03. The third kappa shape index (κ3) is 3.95. The highest BCUT2D eigenvalue weighted by Gasteiger charge is 2.21. The van der Waals surface area contributed by atoms with Gasteiger partial charge in [-0.1, -0.05) is 26.0 Å². The van der Waals surface area contributed by atoms with Crippen LogP contribution in [0, 0.1) is 5.92 Å². The standard InChI is InChI=1S/C16H26N2O/c1-16(2,12-18-11-13-8-9-17-10-13)14-4-6-15(19-3)7-5-14/h4-7,13,17-18H,8-12H2,1-3H3. The molecule has 1 heterocycles. The predicted molar refractivity (Wildman–Crippen MR) is 79.9 cm³/mol. The molecule has 1 unspecified atom stereocenters. The Balaban J connectivity index is 1.85. The van der Waals surface area contributed by atoms with Crippen LogP contribution >= 0.6 is 0 Å². The van der Waals surface area contributed by atoms with Crippen LogP contribution in [0.3, 0.4) is 0 Å². The van der Waals surface area contributed by atoms with E-state index < -0.39 is 0 Å². The van der Waals surface area contributed by atoms with Gasteiger partial charge < -0.3 is 15.4 Å². The molecule has 0 aromatic heterocycles. The van der Waals surface area contributed by atoms with Gasteiger partial charge in [0.25, 0.3) is 0 Å². The fourth-order valence-corrected chi connectivity index (χ4v) is 2.62. The van der Waals surface area contributed by atoms with Crippen LogP contribution in [0.1, 0.15) is 25.8 Å². The van der Waals surface area contributed by atoms with Crippen LogP contribution in [-0.2, 0) is 5.41 Å². The monoisotopic (exact) mass is 262 g/mol. The summed E-state index contributed by atoms with van der Waals surface area (Å²) in [5.41, 5.74) is 1.50. The summed E-state index contributed by atoms with van der Waals surface area (Å²) in [4.78, 5) is 0. The first kappa shape index (κ1) is 14.4. The molecule has 1 saturated heterocycles. The summed E-state index contributed by atoms with van der Waals surface area (Å²) >= 11 is 0. The largest absolute Gasteiger partial charge is 0.497 e. The lowest BCUT2D eigenvalue weighted by molar-refractivity contribution is 0.412. The van der Waals surface area contributed by atoms with Crippen molar-refractivity contribution in [1.82, 2.24) is 10.6 Å². The van der Waals surface area contributed by atoms with E-state index in [4.69, 9.17) is 4.74 Å². The first-order valence-corrected chi connectivity index (χ1v) is 7.18. The maximum atomic E-state index is 5.21. The van der Waals surface area contributed by atoms with Crippen molar-refractivity contribution in [3.8, 4) is 5.75 Å². The van der Waals surface area contributed by atoms with Crippen molar-refractivity contribution in [3.63, 3.8) is 0 Å². The van der Waals surface area contributed by atoms with Gasteiger partial charge in [-0.3, -0.25) is 0 Å². The highest BCUT2D eigenvalue weighted by molar-refractivity contribution is 5.31. The lowest BCUT2D eigenvalue weighted by Crippen LogP contribution is -2.36. The molecule has 1 aromatic carbocycles. The lowest BCUT2D eigenvalue weighted by Gasteiger charge is -2.26. The van der Waals surface area contributed by atoms with Crippen LogP contribution in [0.5, 0.6) is 5.75 Å². The van der Waals surface area contributed by atoms with Crippen LogP contribution in [0.25, 0.3) is 0 Å². The molecule has 1 aliphatic rings. The maximum absolute atomic E-state index is 5.21. The number of ether oxygens (including phenoxy) is 1. The number of nitrogens with one attached hydrogen (secondary N) is 2. The number of hydrogen-bond acceptors (Lipinski definition) is 3. The van der Waals surface area contributed by atoms with Crippen molar-refractivity contribution in [2.24, 2.45) is 5.92 Å². The molecule has 0 aliphatic carbocycles. The third-order valence-corrected chi connectivity index (χ3v) is 4.03. The van der Waals surface area contributed by atoms with Crippen LogP contribution in [0.2, 0.25) is 0 Å². The maximum Gasteiger partial charge on any atom is 0.118 e. The van der Waals surface area contributed by atoms with E-state index in [9.17, 15) is 0 Å². The van der Waals surface area contributed by atoms with E-state index in [2.05, 4.69) is 36.6 Å². The summed E-state index contributed by atoms with van der Waals surface area (Å²) in [5.74, 6) is 1.72. The SMILES string of the molecule is COc1ccc(C(C)(C)CNCC2CCNC2)cc1. The van der Waals surface area contributed by atoms with Gasteiger partial charge in [-0.25, -0.2) is 0 Å². The van der Waals surface area contributed by atoms with E-state index in [0.717, 1.165) is 31.3 Å². The normalized spacial score (nSPS) is 19.6. The van der Waals surface area contributed by atoms with Gasteiger partial charge in [0.15, 0.2) is 0 Å². The minimum atomic E-state index is 0.151. The quantitative estimate of drug-likeness (QED) is 0.824. The van der Waals surface area contributed by atoms with Crippen LogP contribution in [0.15, 0.2) is 24.3 Å². The molecule has 1 aliphatic heterocycles. The lowest BCUT2D eigenvalue weighted by atomic mass is 9.84. The van der Waals surface area contributed by atoms with Gasteiger partial charge >= 0.3 is 0 Å². The number of methoxy groups -OCH3 is 1. The highest BCUT2D eigenvalue weighted by Crippen LogP contribution is 2.24. The van der Waals surface area contributed by atoms with E-state index in [0.29, 0.717) is 0 Å². The zero-order chi connectivity index (χ0) is 13.7. The first-order chi connectivity index (χ1) is 9.12. The first-order valence-electron chi connectivity index (χ1n) is 7.18. The summed E-state index contributed by atoms with van der Waals surface area (Å²) in [6, 6.07) is 8.41. The molecule has 2 N–H and O–H groups in total. The third-order valence-electron chi connectivity index (χ3n) is 4.03. The van der Waals surface area contributed by atoms with Crippen LogP contribution < -0.4 is 15.4 Å². The predicted octanol–water partition coefficient (Wildman–Crippen LogP) is 2.17. The minimum absolute atomic E-state index is 0.151. The molecule has 2 rings (SSSR count). The Kier molecular flexibility index (Phi) is 4.83. The van der Waals surface area contributed by atoms with Gasteiger partial charge in [0.1, 0.15) is 5.75 Å². The average molecular weight is 262 g/mol. The molecular weight excluding hydrogens is 236 g/mol. The molecular formula is C16H26N2O. The number of hydrogen-bond donors (Lipinski definition) is 2. The van der Waals surface area contributed by atoms with E-state index in [1.54, 1.807) is 7.11 Å². The Morgan fingerprint density at radius 3 is 2.63 bits per heavy atom. The molecule has 0 radical (unpaired) electrons. The van der Waals surface area contributed by atoms with Crippen LogP contribution in [0.4, 0.5) is 0 Å². The summed E-state index contributed by atoms with van der Waals surface area (Å²) in [7, 11) is 1.71. The van der Waals surface area contributed by atoms with Gasteiger partial charge in [0.05, 0.1) is 7.11 Å². The van der Waals surface area contributed by atoms with Crippen molar-refractivity contribution in [3.05, 3.63) is 29.8 Å². The van der Waals surface area contributed by atoms with Crippen molar-refractivity contribution >= 4 is 0 Å². The van der Waals surface area contributed by atoms with E-state index in [-0.39, 0.29) is 5.41 Å². The second kappa shape index (κ2) is 6.40. The van der Waals surface area contributed by atoms with E-state index >= 15 is 0 Å². The topological polar surface area (TPSA) is 33.3 Å². The summed E-state index contributed by atoms with van der Waals surface area (Å²) in [6.07, 6.45) is 1.30. The Hall–Kier alpha value is -1.06. The van der Waals surface area contributed by atoms with Gasteiger partial charge in [-0.05, 0) is 49.7 Å². The second-order valence-electron chi connectivity index (χ2n) is 6.10. The average Bonchev–Trinajstić information content (AvgIpc) is 2.92. The molecule has 1 atom stereocenters. The van der Waals surface area contributed by atoms with Crippen molar-refractivity contribution < 1.29 is 4.74 Å². The van der Waals surface area contributed by atoms with Gasteiger partial charge in [-0.15, -0.1) is 0 Å². The van der Waals surface area contributed by atoms with Crippen LogP contribution in [-0.4, -0.2) is 33.3 Å². The van der Waals surface area contributed by atoms with Gasteiger partial charge in [-0.2, -0.15) is 0 Å². The zero-order valence-corrected chi connectivity index (χ0v) is 12.3.